The Morgan fingerprint density at radius 3 is 2.75 bits per heavy atom. The maximum Gasteiger partial charge on any atom is 0.128 e. The van der Waals surface area contributed by atoms with Crippen LogP contribution < -0.4 is 10.2 Å². The smallest absolute Gasteiger partial charge is 0.128 e. The highest BCUT2D eigenvalue weighted by atomic mass is 15.2. The van der Waals surface area contributed by atoms with Gasteiger partial charge in [0.05, 0.1) is 0 Å². The van der Waals surface area contributed by atoms with E-state index in [-0.39, 0.29) is 0 Å². The van der Waals surface area contributed by atoms with E-state index in [0.717, 1.165) is 24.8 Å². The predicted octanol–water partition coefficient (Wildman–Crippen LogP) is 3.60. The Morgan fingerprint density at radius 1 is 1.30 bits per heavy atom. The van der Waals surface area contributed by atoms with Crippen LogP contribution in [0.15, 0.2) is 18.3 Å². The maximum atomic E-state index is 4.56. The lowest BCUT2D eigenvalue weighted by Gasteiger charge is -2.34. The molecule has 1 aromatic heterocycles. The van der Waals surface area contributed by atoms with Gasteiger partial charge in [0.25, 0.3) is 0 Å². The van der Waals surface area contributed by atoms with Crippen molar-refractivity contribution in [1.29, 1.82) is 0 Å². The molecule has 1 aromatic rings. The van der Waals surface area contributed by atoms with Gasteiger partial charge in [-0.05, 0) is 62.3 Å². The first-order valence-electron chi connectivity index (χ1n) is 8.09. The molecule has 1 fully saturated rings. The molecule has 20 heavy (non-hydrogen) atoms. The molecule has 1 aliphatic rings. The zero-order chi connectivity index (χ0) is 14.4. The molecule has 1 saturated carbocycles. The molecule has 1 N–H and O–H groups in total. The lowest BCUT2D eigenvalue weighted by Crippen LogP contribution is -2.35. The van der Waals surface area contributed by atoms with Crippen LogP contribution in [-0.2, 0) is 6.54 Å². The number of hydrogen-bond acceptors (Lipinski definition) is 3. The van der Waals surface area contributed by atoms with Crippen molar-refractivity contribution in [3.05, 3.63) is 23.9 Å². The number of rotatable bonds is 6. The van der Waals surface area contributed by atoms with Crippen LogP contribution >= 0.6 is 0 Å². The van der Waals surface area contributed by atoms with E-state index in [0.29, 0.717) is 6.04 Å². The summed E-state index contributed by atoms with van der Waals surface area (Å²) < 4.78 is 0. The second-order valence-corrected chi connectivity index (χ2v) is 6.22. The highest BCUT2D eigenvalue weighted by molar-refractivity contribution is 5.41. The predicted molar refractivity (Wildman–Crippen MR) is 86.1 cm³/mol. The molecule has 0 spiro atoms. The summed E-state index contributed by atoms with van der Waals surface area (Å²) >= 11 is 0. The van der Waals surface area contributed by atoms with E-state index in [1.807, 2.05) is 6.20 Å². The first-order valence-corrected chi connectivity index (χ1v) is 8.09. The topological polar surface area (TPSA) is 28.2 Å². The van der Waals surface area contributed by atoms with Crippen LogP contribution in [0.3, 0.4) is 0 Å². The average molecular weight is 275 g/mol. The summed E-state index contributed by atoms with van der Waals surface area (Å²) in [6, 6.07) is 5.02. The Kier molecular flexibility index (Phi) is 5.84. The van der Waals surface area contributed by atoms with Gasteiger partial charge >= 0.3 is 0 Å². The summed E-state index contributed by atoms with van der Waals surface area (Å²) in [6.07, 6.45) is 8.44. The van der Waals surface area contributed by atoms with E-state index < -0.39 is 0 Å². The average Bonchev–Trinajstić information content (AvgIpc) is 2.48. The van der Waals surface area contributed by atoms with Crippen LogP contribution in [0.1, 0.15) is 51.5 Å². The van der Waals surface area contributed by atoms with Crippen molar-refractivity contribution >= 4 is 5.82 Å². The number of nitrogens with one attached hydrogen (secondary N) is 1. The quantitative estimate of drug-likeness (QED) is 0.804. The summed E-state index contributed by atoms with van der Waals surface area (Å²) in [5.41, 5.74) is 1.33. The Hall–Kier alpha value is -1.09. The lowest BCUT2D eigenvalue weighted by molar-refractivity contribution is 0.340. The van der Waals surface area contributed by atoms with Gasteiger partial charge in [0.1, 0.15) is 5.82 Å². The fraction of sp³-hybridized carbons (Fsp3) is 0.706. The van der Waals surface area contributed by atoms with Crippen LogP contribution in [-0.4, -0.2) is 24.6 Å². The standard InChI is InChI=1S/C17H29N3/c1-4-10-18-13-15-9-11-19-17(12-15)20(3)16-7-5-14(2)6-8-16/h9,11-12,14,16,18H,4-8,10,13H2,1-3H3. The molecule has 0 aliphatic heterocycles. The number of aromatic nitrogens is 1. The van der Waals surface area contributed by atoms with Gasteiger partial charge in [-0.3, -0.25) is 0 Å². The molecule has 2 rings (SSSR count). The molecule has 3 heteroatoms. The highest BCUT2D eigenvalue weighted by Gasteiger charge is 2.22. The molecule has 0 saturated heterocycles. The monoisotopic (exact) mass is 275 g/mol. The molecule has 0 radical (unpaired) electrons. The number of hydrogen-bond donors (Lipinski definition) is 1. The zero-order valence-corrected chi connectivity index (χ0v) is 13.2. The highest BCUT2D eigenvalue weighted by Crippen LogP contribution is 2.28. The van der Waals surface area contributed by atoms with E-state index in [9.17, 15) is 0 Å². The van der Waals surface area contributed by atoms with E-state index in [1.54, 1.807) is 0 Å². The van der Waals surface area contributed by atoms with E-state index >= 15 is 0 Å². The van der Waals surface area contributed by atoms with Crippen molar-refractivity contribution < 1.29 is 0 Å². The normalized spacial score (nSPS) is 22.8. The maximum absolute atomic E-state index is 4.56. The third-order valence-corrected chi connectivity index (χ3v) is 4.46. The zero-order valence-electron chi connectivity index (χ0n) is 13.2. The largest absolute Gasteiger partial charge is 0.357 e. The third kappa shape index (κ3) is 4.20. The number of anilines is 1. The van der Waals surface area contributed by atoms with Crippen LogP contribution in [0.2, 0.25) is 0 Å². The molecule has 0 unspecified atom stereocenters. The van der Waals surface area contributed by atoms with Gasteiger partial charge < -0.3 is 10.2 Å². The van der Waals surface area contributed by atoms with E-state index in [2.05, 4.69) is 48.2 Å². The molecule has 1 aliphatic carbocycles. The van der Waals surface area contributed by atoms with Gasteiger partial charge in [-0.1, -0.05) is 13.8 Å². The van der Waals surface area contributed by atoms with Crippen molar-refractivity contribution in [3.63, 3.8) is 0 Å². The van der Waals surface area contributed by atoms with Gasteiger partial charge in [0, 0.05) is 25.8 Å². The second kappa shape index (κ2) is 7.63. The van der Waals surface area contributed by atoms with Crippen molar-refractivity contribution in [2.45, 2.75) is 58.5 Å². The Bertz CT molecular complexity index is 397. The summed E-state index contributed by atoms with van der Waals surface area (Å²) in [5.74, 6) is 2.03. The van der Waals surface area contributed by atoms with Gasteiger partial charge in [-0.2, -0.15) is 0 Å². The van der Waals surface area contributed by atoms with E-state index in [4.69, 9.17) is 0 Å². The van der Waals surface area contributed by atoms with Gasteiger partial charge in [0.15, 0.2) is 0 Å². The fourth-order valence-corrected chi connectivity index (χ4v) is 2.99. The second-order valence-electron chi connectivity index (χ2n) is 6.22. The molecular formula is C17H29N3. The summed E-state index contributed by atoms with van der Waals surface area (Å²) in [6.45, 7) is 6.59. The summed E-state index contributed by atoms with van der Waals surface area (Å²) in [5, 5.41) is 3.46. The third-order valence-electron chi connectivity index (χ3n) is 4.46. The fourth-order valence-electron chi connectivity index (χ4n) is 2.99. The molecule has 112 valence electrons. The van der Waals surface area contributed by atoms with Crippen LogP contribution in [0.4, 0.5) is 5.82 Å². The van der Waals surface area contributed by atoms with Crippen molar-refractivity contribution in [1.82, 2.24) is 10.3 Å². The van der Waals surface area contributed by atoms with Gasteiger partial charge in [0.2, 0.25) is 0 Å². The van der Waals surface area contributed by atoms with Gasteiger partial charge in [-0.25, -0.2) is 4.98 Å². The molecule has 0 amide bonds. The molecular weight excluding hydrogens is 246 g/mol. The molecule has 0 aromatic carbocycles. The molecule has 0 atom stereocenters. The molecule has 3 nitrogen and oxygen atoms in total. The minimum atomic E-state index is 0.664. The molecule has 0 bridgehead atoms. The Morgan fingerprint density at radius 2 is 2.05 bits per heavy atom. The lowest BCUT2D eigenvalue weighted by atomic mass is 9.87. The number of nitrogens with zero attached hydrogens (tertiary/aromatic N) is 2. The Balaban J connectivity index is 1.95. The first-order chi connectivity index (χ1) is 9.70. The minimum Gasteiger partial charge on any atom is -0.357 e. The summed E-state index contributed by atoms with van der Waals surface area (Å²) in [4.78, 5) is 6.94. The van der Waals surface area contributed by atoms with Crippen molar-refractivity contribution in [3.8, 4) is 0 Å². The van der Waals surface area contributed by atoms with E-state index in [1.165, 1.54) is 37.7 Å². The minimum absolute atomic E-state index is 0.664. The van der Waals surface area contributed by atoms with Crippen LogP contribution in [0.5, 0.6) is 0 Å². The van der Waals surface area contributed by atoms with Crippen LogP contribution in [0.25, 0.3) is 0 Å². The first kappa shape index (κ1) is 15.3. The SMILES string of the molecule is CCCNCc1ccnc(N(C)C2CCC(C)CC2)c1. The number of pyridine rings is 1. The van der Waals surface area contributed by atoms with Crippen molar-refractivity contribution in [2.24, 2.45) is 5.92 Å². The molecule has 1 heterocycles. The van der Waals surface area contributed by atoms with Crippen molar-refractivity contribution in [2.75, 3.05) is 18.5 Å². The Labute approximate surface area is 123 Å². The van der Waals surface area contributed by atoms with Gasteiger partial charge in [-0.15, -0.1) is 0 Å². The summed E-state index contributed by atoms with van der Waals surface area (Å²) in [7, 11) is 2.20. The van der Waals surface area contributed by atoms with Crippen LogP contribution in [0, 0.1) is 5.92 Å².